The van der Waals surface area contributed by atoms with Crippen LogP contribution in [0.5, 0.6) is 0 Å². The van der Waals surface area contributed by atoms with Gasteiger partial charge >= 0.3 is 0 Å². The molecule has 8 heteroatoms. The molecule has 1 aliphatic heterocycles. The van der Waals surface area contributed by atoms with Crippen LogP contribution in [0, 0.1) is 0 Å². The number of likely N-dealkylation sites (N-methyl/N-ethyl adjacent to an activating group) is 1. The molecule has 1 saturated heterocycles. The summed E-state index contributed by atoms with van der Waals surface area (Å²) in [5.74, 6) is 2.24. The number of hydrogen-bond donors (Lipinski definition) is 0. The molecule has 0 unspecified atom stereocenters. The maximum Gasteiger partial charge on any atom is 0.230 e. The fourth-order valence-corrected chi connectivity index (χ4v) is 4.47. The number of anilines is 2. The lowest BCUT2D eigenvalue weighted by Crippen LogP contribution is -2.47. The molecule has 0 radical (unpaired) electrons. The summed E-state index contributed by atoms with van der Waals surface area (Å²) >= 11 is 0. The molecule has 1 aromatic heterocycles. The van der Waals surface area contributed by atoms with Crippen molar-refractivity contribution in [3.63, 3.8) is 0 Å². The van der Waals surface area contributed by atoms with Crippen LogP contribution in [0.3, 0.4) is 0 Å². The van der Waals surface area contributed by atoms with E-state index in [1.807, 2.05) is 26.3 Å². The molecule has 0 bridgehead atoms. The van der Waals surface area contributed by atoms with Crippen molar-refractivity contribution in [2.45, 2.75) is 33.1 Å². The maximum absolute atomic E-state index is 5.57. The highest BCUT2D eigenvalue weighted by atomic mass is 16.5. The van der Waals surface area contributed by atoms with Crippen LogP contribution >= 0.6 is 0 Å². The van der Waals surface area contributed by atoms with Crippen LogP contribution in [-0.2, 0) is 11.2 Å². The van der Waals surface area contributed by atoms with Crippen LogP contribution in [0.2, 0.25) is 0 Å². The third-order valence-electron chi connectivity index (χ3n) is 6.69. The molecular formula is C30H41N7O. The summed E-state index contributed by atoms with van der Waals surface area (Å²) in [6.07, 6.45) is 15.4. The number of aliphatic imine (C=N–C) groups is 1. The van der Waals surface area contributed by atoms with Gasteiger partial charge < -0.3 is 14.5 Å². The van der Waals surface area contributed by atoms with E-state index in [-0.39, 0.29) is 0 Å². The zero-order chi connectivity index (χ0) is 26.6. The summed E-state index contributed by atoms with van der Waals surface area (Å²) in [4.78, 5) is 26.0. The quantitative estimate of drug-likeness (QED) is 0.318. The normalized spacial score (nSPS) is 16.2. The molecule has 1 aromatic carbocycles. The highest BCUT2D eigenvalue weighted by molar-refractivity contribution is 5.70. The molecule has 0 atom stereocenters. The summed E-state index contributed by atoms with van der Waals surface area (Å²) in [7, 11) is 2.02. The highest BCUT2D eigenvalue weighted by Gasteiger charge is 2.21. The molecule has 1 aliphatic carbocycles. The first-order chi connectivity index (χ1) is 18.7. The van der Waals surface area contributed by atoms with E-state index in [4.69, 9.17) is 19.7 Å². The minimum Gasteiger partial charge on any atom is -0.380 e. The predicted molar refractivity (Wildman–Crippen MR) is 157 cm³/mol. The Balaban J connectivity index is 1.50. The number of ether oxygens (including phenoxy) is 1. The first-order valence-electron chi connectivity index (χ1n) is 13.8. The summed E-state index contributed by atoms with van der Waals surface area (Å²) < 4.78 is 5.57. The van der Waals surface area contributed by atoms with Gasteiger partial charge in [-0.15, -0.1) is 0 Å². The van der Waals surface area contributed by atoms with E-state index in [1.165, 1.54) is 16.0 Å². The lowest BCUT2D eigenvalue weighted by atomic mass is 10.1. The molecule has 2 heterocycles. The number of nitrogens with zero attached hydrogens (tertiary/aromatic N) is 7. The number of aromatic nitrogens is 3. The Morgan fingerprint density at radius 3 is 2.63 bits per heavy atom. The maximum atomic E-state index is 5.57. The Morgan fingerprint density at radius 1 is 1.03 bits per heavy atom. The van der Waals surface area contributed by atoms with Crippen LogP contribution in [0.15, 0.2) is 53.1 Å². The molecule has 2 aromatic rings. The Kier molecular flexibility index (Phi) is 10.6. The second-order valence-electron chi connectivity index (χ2n) is 9.55. The van der Waals surface area contributed by atoms with Gasteiger partial charge in [-0.1, -0.05) is 55.5 Å². The summed E-state index contributed by atoms with van der Waals surface area (Å²) in [5.41, 5.74) is 1.23. The smallest absolute Gasteiger partial charge is 0.230 e. The van der Waals surface area contributed by atoms with Gasteiger partial charge in [-0.05, 0) is 41.9 Å². The average Bonchev–Trinajstić information content (AvgIpc) is 3.15. The van der Waals surface area contributed by atoms with Gasteiger partial charge in [0.1, 0.15) is 5.82 Å². The monoisotopic (exact) mass is 515 g/mol. The molecule has 1 fully saturated rings. The largest absolute Gasteiger partial charge is 0.380 e. The van der Waals surface area contributed by atoms with E-state index in [2.05, 4.69) is 75.2 Å². The van der Waals surface area contributed by atoms with Crippen molar-refractivity contribution < 1.29 is 4.74 Å². The lowest BCUT2D eigenvalue weighted by molar-refractivity contribution is 0.154. The van der Waals surface area contributed by atoms with Gasteiger partial charge in [-0.25, -0.2) is 0 Å². The lowest BCUT2D eigenvalue weighted by Gasteiger charge is -2.34. The van der Waals surface area contributed by atoms with Crippen molar-refractivity contribution in [3.05, 3.63) is 64.3 Å². The molecular weight excluding hydrogens is 474 g/mol. The van der Waals surface area contributed by atoms with Gasteiger partial charge in [0.15, 0.2) is 0 Å². The number of rotatable bonds is 12. The topological polar surface area (TPSA) is 70.0 Å². The predicted octanol–water partition coefficient (Wildman–Crippen LogP) is 2.59. The van der Waals surface area contributed by atoms with Crippen molar-refractivity contribution in [2.75, 3.05) is 69.5 Å². The van der Waals surface area contributed by atoms with Crippen molar-refractivity contribution in [1.29, 1.82) is 0 Å². The summed E-state index contributed by atoms with van der Waals surface area (Å²) in [6.45, 7) is 10.5. The first kappa shape index (κ1) is 27.7. The molecule has 2 aliphatic rings. The average molecular weight is 516 g/mol. The van der Waals surface area contributed by atoms with Gasteiger partial charge in [-0.3, -0.25) is 9.89 Å². The molecule has 38 heavy (non-hydrogen) atoms. The zero-order valence-electron chi connectivity index (χ0n) is 23.1. The van der Waals surface area contributed by atoms with Crippen LogP contribution in [0.1, 0.15) is 32.5 Å². The van der Waals surface area contributed by atoms with E-state index in [0.29, 0.717) is 25.6 Å². The molecule has 0 saturated carbocycles. The first-order valence-corrected chi connectivity index (χ1v) is 13.8. The Bertz CT molecular complexity index is 1250. The third kappa shape index (κ3) is 8.07. The number of fused-ring (bicyclic) bond motifs is 1. The van der Waals surface area contributed by atoms with E-state index in [0.717, 1.165) is 64.0 Å². The van der Waals surface area contributed by atoms with Crippen molar-refractivity contribution in [2.24, 2.45) is 4.99 Å². The highest BCUT2D eigenvalue weighted by Crippen LogP contribution is 2.18. The molecule has 202 valence electrons. The Labute approximate surface area is 226 Å². The number of hydrogen-bond acceptors (Lipinski definition) is 8. The van der Waals surface area contributed by atoms with E-state index in [9.17, 15) is 0 Å². The van der Waals surface area contributed by atoms with Crippen LogP contribution in [0.25, 0.3) is 12.2 Å². The number of allylic oxidation sites excluding steroid dienone is 4. The van der Waals surface area contributed by atoms with Gasteiger partial charge in [0, 0.05) is 59.0 Å². The minimum absolute atomic E-state index is 0.640. The Morgan fingerprint density at radius 2 is 1.84 bits per heavy atom. The van der Waals surface area contributed by atoms with E-state index >= 15 is 0 Å². The summed E-state index contributed by atoms with van der Waals surface area (Å²) in [6, 6.07) is 8.51. The van der Waals surface area contributed by atoms with Crippen molar-refractivity contribution >= 4 is 30.3 Å². The summed E-state index contributed by atoms with van der Waals surface area (Å²) in [5, 5.41) is 2.51. The molecule has 4 rings (SSSR count). The zero-order valence-corrected chi connectivity index (χ0v) is 23.1. The SMILES string of the molecule is CC/C=C\C=N/CN1CCN(c2nc(CC3=CCC=c4ccccc4=C3)nc(N(C)CCOCC)n2)CC1. The molecule has 0 N–H and O–H groups in total. The fourth-order valence-electron chi connectivity index (χ4n) is 4.47. The second kappa shape index (κ2) is 14.5. The van der Waals surface area contributed by atoms with Crippen LogP contribution in [-0.4, -0.2) is 85.7 Å². The van der Waals surface area contributed by atoms with Crippen molar-refractivity contribution in [3.8, 4) is 0 Å². The van der Waals surface area contributed by atoms with Crippen LogP contribution in [0.4, 0.5) is 11.9 Å². The van der Waals surface area contributed by atoms with E-state index < -0.39 is 0 Å². The number of benzene rings is 1. The molecule has 0 amide bonds. The molecule has 8 nitrogen and oxygen atoms in total. The van der Waals surface area contributed by atoms with Gasteiger partial charge in [0.05, 0.1) is 13.3 Å². The number of piperazine rings is 1. The van der Waals surface area contributed by atoms with E-state index in [1.54, 1.807) is 0 Å². The van der Waals surface area contributed by atoms with Gasteiger partial charge in [0.25, 0.3) is 0 Å². The second-order valence-corrected chi connectivity index (χ2v) is 9.55. The van der Waals surface area contributed by atoms with Crippen LogP contribution < -0.4 is 20.2 Å². The Hall–Kier alpha value is -3.36. The molecule has 0 spiro atoms. The van der Waals surface area contributed by atoms with Gasteiger partial charge in [0.2, 0.25) is 11.9 Å². The standard InChI is InChI=1S/C30H41N7O/c1-4-6-9-15-31-24-36-16-18-37(19-17-36)30-33-28(32-29(34-30)35(3)20-21-38-5-2)23-25-11-10-14-26-12-7-8-13-27(26)22-25/h6-9,11-15,22H,4-5,10,16-21,23-24H2,1-3H3/b9-6-,31-15-. The van der Waals surface area contributed by atoms with Gasteiger partial charge in [-0.2, -0.15) is 15.0 Å². The minimum atomic E-state index is 0.640. The van der Waals surface area contributed by atoms with Crippen molar-refractivity contribution in [1.82, 2.24) is 19.9 Å². The third-order valence-corrected chi connectivity index (χ3v) is 6.69. The fraction of sp³-hybridized carbons (Fsp3) is 0.467.